The van der Waals surface area contributed by atoms with Gasteiger partial charge in [-0.15, -0.1) is 0 Å². The van der Waals surface area contributed by atoms with E-state index in [2.05, 4.69) is 5.32 Å². The van der Waals surface area contributed by atoms with Gasteiger partial charge in [0.25, 0.3) is 0 Å². The van der Waals surface area contributed by atoms with Crippen molar-refractivity contribution in [3.63, 3.8) is 0 Å². The highest BCUT2D eigenvalue weighted by molar-refractivity contribution is 6.35. The van der Waals surface area contributed by atoms with Gasteiger partial charge in [-0.05, 0) is 49.2 Å². The first-order valence-corrected chi connectivity index (χ1v) is 10.3. The van der Waals surface area contributed by atoms with E-state index in [0.29, 0.717) is 34.8 Å². The van der Waals surface area contributed by atoms with Gasteiger partial charge in [-0.25, -0.2) is 0 Å². The van der Waals surface area contributed by atoms with Gasteiger partial charge in [-0.3, -0.25) is 4.79 Å². The SMILES string of the molecule is C[C@H](Oc1ccc(Cl)cc1Cl)C(=O)/C=C1\NCCc2cc3c(cc21)OCCCO3. The molecule has 4 rings (SSSR count). The van der Waals surface area contributed by atoms with E-state index in [-0.39, 0.29) is 5.78 Å². The Kier molecular flexibility index (Phi) is 5.88. The van der Waals surface area contributed by atoms with E-state index in [9.17, 15) is 4.79 Å². The molecule has 7 heteroatoms. The standard InChI is InChI=1S/C22H21Cl2NO4/c1-13(29-20-4-3-15(23)10-17(20)24)19(26)12-18-16-11-22-21(27-7-2-8-28-22)9-14(16)5-6-25-18/h3-4,9-13,25H,2,5-8H2,1H3/b18-12-/t13-/m0/s1. The normalized spacial score (nSPS) is 17.7. The number of carbonyl (C=O) groups is 1. The number of ether oxygens (including phenoxy) is 3. The first kappa shape index (κ1) is 19.9. The minimum Gasteiger partial charge on any atom is -0.490 e. The van der Waals surface area contributed by atoms with Crippen molar-refractivity contribution in [1.82, 2.24) is 5.32 Å². The molecule has 0 radical (unpaired) electrons. The summed E-state index contributed by atoms with van der Waals surface area (Å²) in [6.07, 6.45) is 2.58. The fraction of sp³-hybridized carbons (Fsp3) is 0.318. The van der Waals surface area contributed by atoms with Gasteiger partial charge in [-0.1, -0.05) is 23.2 Å². The van der Waals surface area contributed by atoms with Crippen molar-refractivity contribution in [2.75, 3.05) is 19.8 Å². The van der Waals surface area contributed by atoms with Crippen molar-refractivity contribution in [3.05, 3.63) is 57.6 Å². The van der Waals surface area contributed by atoms with Crippen LogP contribution in [0.25, 0.3) is 5.70 Å². The van der Waals surface area contributed by atoms with Crippen molar-refractivity contribution < 1.29 is 19.0 Å². The van der Waals surface area contributed by atoms with Gasteiger partial charge in [0.1, 0.15) is 5.75 Å². The number of hydrogen-bond donors (Lipinski definition) is 1. The molecule has 1 atom stereocenters. The van der Waals surface area contributed by atoms with E-state index < -0.39 is 6.10 Å². The van der Waals surface area contributed by atoms with Crippen LogP contribution in [0.1, 0.15) is 24.5 Å². The second-order valence-corrected chi connectivity index (χ2v) is 7.82. The van der Waals surface area contributed by atoms with Crippen LogP contribution >= 0.6 is 23.2 Å². The third kappa shape index (κ3) is 4.46. The number of rotatable bonds is 4. The summed E-state index contributed by atoms with van der Waals surface area (Å²) >= 11 is 12.1. The molecular formula is C22H21Cl2NO4. The van der Waals surface area contributed by atoms with Crippen LogP contribution in [0.3, 0.4) is 0 Å². The molecule has 0 saturated heterocycles. The van der Waals surface area contributed by atoms with E-state index in [0.717, 1.165) is 42.0 Å². The average Bonchev–Trinajstić information content (AvgIpc) is 2.93. The van der Waals surface area contributed by atoms with Crippen LogP contribution in [0.5, 0.6) is 17.2 Å². The molecule has 2 aliphatic rings. The lowest BCUT2D eigenvalue weighted by atomic mass is 9.96. The Morgan fingerprint density at radius 1 is 1.17 bits per heavy atom. The monoisotopic (exact) mass is 433 g/mol. The highest BCUT2D eigenvalue weighted by atomic mass is 35.5. The maximum atomic E-state index is 12.8. The molecule has 2 heterocycles. The lowest BCUT2D eigenvalue weighted by molar-refractivity contribution is -0.120. The summed E-state index contributed by atoms with van der Waals surface area (Å²) in [5, 5.41) is 4.19. The van der Waals surface area contributed by atoms with Crippen molar-refractivity contribution in [2.45, 2.75) is 25.9 Å². The Bertz CT molecular complexity index is 974. The van der Waals surface area contributed by atoms with Gasteiger partial charge >= 0.3 is 0 Å². The van der Waals surface area contributed by atoms with Crippen molar-refractivity contribution in [1.29, 1.82) is 0 Å². The smallest absolute Gasteiger partial charge is 0.197 e. The number of benzene rings is 2. The molecule has 29 heavy (non-hydrogen) atoms. The molecule has 0 fully saturated rings. The van der Waals surface area contributed by atoms with Gasteiger partial charge in [0.15, 0.2) is 23.4 Å². The molecule has 0 bridgehead atoms. The fourth-order valence-electron chi connectivity index (χ4n) is 3.34. The molecule has 0 unspecified atom stereocenters. The zero-order chi connectivity index (χ0) is 20.4. The number of nitrogens with one attached hydrogen (secondary N) is 1. The molecule has 1 N–H and O–H groups in total. The fourth-order valence-corrected chi connectivity index (χ4v) is 3.80. The maximum Gasteiger partial charge on any atom is 0.197 e. The summed E-state index contributed by atoms with van der Waals surface area (Å²) < 4.78 is 17.3. The molecule has 0 spiro atoms. The molecule has 2 aliphatic heterocycles. The van der Waals surface area contributed by atoms with Crippen LogP contribution in [0.15, 0.2) is 36.4 Å². The molecule has 0 aliphatic carbocycles. The number of carbonyl (C=O) groups excluding carboxylic acids is 1. The highest BCUT2D eigenvalue weighted by Crippen LogP contribution is 2.36. The van der Waals surface area contributed by atoms with Crippen molar-refractivity contribution in [3.8, 4) is 17.2 Å². The van der Waals surface area contributed by atoms with E-state index in [1.807, 2.05) is 12.1 Å². The Morgan fingerprint density at radius 3 is 2.69 bits per heavy atom. The molecular weight excluding hydrogens is 413 g/mol. The summed E-state index contributed by atoms with van der Waals surface area (Å²) in [4.78, 5) is 12.8. The topological polar surface area (TPSA) is 56.8 Å². The minimum absolute atomic E-state index is 0.168. The van der Waals surface area contributed by atoms with Crippen LogP contribution in [0, 0.1) is 0 Å². The van der Waals surface area contributed by atoms with Crippen LogP contribution in [-0.4, -0.2) is 31.6 Å². The Labute approximate surface area is 179 Å². The number of ketones is 1. The van der Waals surface area contributed by atoms with E-state index in [1.54, 1.807) is 31.2 Å². The lowest BCUT2D eigenvalue weighted by Gasteiger charge is -2.23. The minimum atomic E-state index is -0.700. The predicted octanol–water partition coefficient (Wildman–Crippen LogP) is 4.68. The Balaban J connectivity index is 1.57. The summed E-state index contributed by atoms with van der Waals surface area (Å²) in [5.41, 5.74) is 2.83. The number of fused-ring (bicyclic) bond motifs is 2. The van der Waals surface area contributed by atoms with Gasteiger partial charge in [0, 0.05) is 35.3 Å². The predicted molar refractivity (Wildman–Crippen MR) is 113 cm³/mol. The van der Waals surface area contributed by atoms with E-state index >= 15 is 0 Å². The zero-order valence-corrected chi connectivity index (χ0v) is 17.5. The molecule has 0 saturated carbocycles. The Morgan fingerprint density at radius 2 is 1.93 bits per heavy atom. The van der Waals surface area contributed by atoms with E-state index in [4.69, 9.17) is 37.4 Å². The quantitative estimate of drug-likeness (QED) is 0.709. The average molecular weight is 434 g/mol. The van der Waals surface area contributed by atoms with Crippen molar-refractivity contribution >= 4 is 34.7 Å². The van der Waals surface area contributed by atoms with Crippen molar-refractivity contribution in [2.24, 2.45) is 0 Å². The second kappa shape index (κ2) is 8.56. The molecule has 0 aromatic heterocycles. The first-order valence-electron chi connectivity index (χ1n) is 9.55. The van der Waals surface area contributed by atoms with Gasteiger partial charge < -0.3 is 19.5 Å². The largest absolute Gasteiger partial charge is 0.490 e. The third-order valence-corrected chi connectivity index (χ3v) is 5.39. The third-order valence-electron chi connectivity index (χ3n) is 4.86. The first-order chi connectivity index (χ1) is 14.0. The molecule has 2 aromatic carbocycles. The van der Waals surface area contributed by atoms with Gasteiger partial charge in [0.05, 0.1) is 18.2 Å². The van der Waals surface area contributed by atoms with Crippen LogP contribution in [-0.2, 0) is 11.2 Å². The summed E-state index contributed by atoms with van der Waals surface area (Å²) in [6.45, 7) is 3.70. The van der Waals surface area contributed by atoms with Crippen LogP contribution in [0.2, 0.25) is 10.0 Å². The zero-order valence-electron chi connectivity index (χ0n) is 16.0. The highest BCUT2D eigenvalue weighted by Gasteiger charge is 2.22. The van der Waals surface area contributed by atoms with E-state index in [1.165, 1.54) is 0 Å². The van der Waals surface area contributed by atoms with Gasteiger partial charge in [-0.2, -0.15) is 0 Å². The molecule has 0 amide bonds. The Hall–Kier alpha value is -2.37. The van der Waals surface area contributed by atoms with Crippen LogP contribution < -0.4 is 19.5 Å². The molecule has 2 aromatic rings. The summed E-state index contributed by atoms with van der Waals surface area (Å²) in [6, 6.07) is 8.87. The van der Waals surface area contributed by atoms with Gasteiger partial charge in [0.2, 0.25) is 0 Å². The summed E-state index contributed by atoms with van der Waals surface area (Å²) in [5.74, 6) is 1.73. The molecule has 152 valence electrons. The summed E-state index contributed by atoms with van der Waals surface area (Å²) in [7, 11) is 0. The number of halogens is 2. The lowest BCUT2D eigenvalue weighted by Crippen LogP contribution is -2.27. The molecule has 5 nitrogen and oxygen atoms in total. The maximum absolute atomic E-state index is 12.8. The number of hydrogen-bond acceptors (Lipinski definition) is 5. The van der Waals surface area contributed by atoms with Crippen LogP contribution in [0.4, 0.5) is 0 Å². The second-order valence-electron chi connectivity index (χ2n) is 6.98.